The molecule has 27 heavy (non-hydrogen) atoms. The molecule has 1 amide bonds. The molecule has 3 rings (SSSR count). The lowest BCUT2D eigenvalue weighted by molar-refractivity contribution is -0.144. The highest BCUT2D eigenvalue weighted by Crippen LogP contribution is 2.26. The molecule has 1 saturated heterocycles. The second-order valence-corrected chi connectivity index (χ2v) is 7.35. The Morgan fingerprint density at radius 1 is 1.04 bits per heavy atom. The standard InChI is InChI=1S/C23H26N2O2/c1-16-5-4-6-17(2)25(16)23(26)18(3)27-22-13-11-21(12-14-22)20-9-7-19(15-24)8-10-20/h7-14,16-18H,4-6H2,1-3H3/t16-,17+,18-/m1/s1. The summed E-state index contributed by atoms with van der Waals surface area (Å²) in [6.45, 7) is 6.06. The predicted molar refractivity (Wildman–Crippen MR) is 106 cm³/mol. The monoisotopic (exact) mass is 362 g/mol. The molecule has 140 valence electrons. The molecule has 0 saturated carbocycles. The number of ether oxygens (including phenoxy) is 1. The van der Waals surface area contributed by atoms with Gasteiger partial charge in [0.25, 0.3) is 5.91 Å². The summed E-state index contributed by atoms with van der Waals surface area (Å²) in [5.41, 5.74) is 2.73. The number of likely N-dealkylation sites (tertiary alicyclic amines) is 1. The van der Waals surface area contributed by atoms with Crippen molar-refractivity contribution in [1.82, 2.24) is 4.90 Å². The van der Waals surface area contributed by atoms with Gasteiger partial charge in [0.05, 0.1) is 11.6 Å². The smallest absolute Gasteiger partial charge is 0.263 e. The molecule has 1 aliphatic heterocycles. The van der Waals surface area contributed by atoms with E-state index < -0.39 is 6.10 Å². The van der Waals surface area contributed by atoms with Gasteiger partial charge < -0.3 is 9.64 Å². The van der Waals surface area contributed by atoms with Crippen molar-refractivity contribution >= 4 is 5.91 Å². The molecule has 3 atom stereocenters. The Morgan fingerprint density at radius 3 is 2.07 bits per heavy atom. The highest BCUT2D eigenvalue weighted by molar-refractivity contribution is 5.81. The van der Waals surface area contributed by atoms with Gasteiger partial charge in [0.1, 0.15) is 5.75 Å². The van der Waals surface area contributed by atoms with Gasteiger partial charge in [-0.05, 0) is 75.4 Å². The second-order valence-electron chi connectivity index (χ2n) is 7.35. The van der Waals surface area contributed by atoms with Crippen LogP contribution >= 0.6 is 0 Å². The van der Waals surface area contributed by atoms with Crippen LogP contribution in [0.2, 0.25) is 0 Å². The summed E-state index contributed by atoms with van der Waals surface area (Å²) in [7, 11) is 0. The van der Waals surface area contributed by atoms with Crippen molar-refractivity contribution in [3.8, 4) is 22.9 Å². The third kappa shape index (κ3) is 4.31. The summed E-state index contributed by atoms with van der Waals surface area (Å²) in [4.78, 5) is 14.8. The minimum atomic E-state index is -0.506. The van der Waals surface area contributed by atoms with E-state index in [1.165, 1.54) is 6.42 Å². The molecule has 2 aromatic rings. The zero-order chi connectivity index (χ0) is 19.4. The lowest BCUT2D eigenvalue weighted by atomic mass is 9.97. The molecule has 2 aromatic carbocycles. The van der Waals surface area contributed by atoms with Crippen LogP contribution in [0, 0.1) is 11.3 Å². The highest BCUT2D eigenvalue weighted by Gasteiger charge is 2.32. The van der Waals surface area contributed by atoms with Gasteiger partial charge in [-0.3, -0.25) is 4.79 Å². The van der Waals surface area contributed by atoms with Crippen LogP contribution in [0.5, 0.6) is 5.75 Å². The topological polar surface area (TPSA) is 53.3 Å². The van der Waals surface area contributed by atoms with Crippen molar-refractivity contribution in [1.29, 1.82) is 5.26 Å². The van der Waals surface area contributed by atoms with Gasteiger partial charge in [0.2, 0.25) is 0 Å². The third-order valence-electron chi connectivity index (χ3n) is 5.31. The SMILES string of the molecule is C[C@@H]1CCC[C@H](C)N1C(=O)[C@@H](C)Oc1ccc(-c2ccc(C#N)cc2)cc1. The van der Waals surface area contributed by atoms with E-state index in [0.717, 1.165) is 24.0 Å². The van der Waals surface area contributed by atoms with Gasteiger partial charge in [0, 0.05) is 12.1 Å². The predicted octanol–water partition coefficient (Wildman–Crippen LogP) is 4.78. The minimum absolute atomic E-state index is 0.0610. The molecule has 1 fully saturated rings. The van der Waals surface area contributed by atoms with Gasteiger partial charge >= 0.3 is 0 Å². The molecule has 4 heteroatoms. The van der Waals surface area contributed by atoms with Crippen molar-refractivity contribution < 1.29 is 9.53 Å². The number of rotatable bonds is 4. The number of amides is 1. The van der Waals surface area contributed by atoms with Crippen LogP contribution in [-0.2, 0) is 4.79 Å². The normalized spacial score (nSPS) is 20.6. The number of piperidine rings is 1. The fraction of sp³-hybridized carbons (Fsp3) is 0.391. The molecule has 0 N–H and O–H groups in total. The van der Waals surface area contributed by atoms with E-state index in [1.807, 2.05) is 48.2 Å². The molecule has 1 aliphatic rings. The molecule has 0 bridgehead atoms. The van der Waals surface area contributed by atoms with E-state index in [9.17, 15) is 4.79 Å². The molecule has 0 aliphatic carbocycles. The van der Waals surface area contributed by atoms with Crippen LogP contribution in [-0.4, -0.2) is 29.0 Å². The Bertz CT molecular complexity index is 811. The van der Waals surface area contributed by atoms with E-state index in [-0.39, 0.29) is 18.0 Å². The van der Waals surface area contributed by atoms with Crippen LogP contribution in [0.4, 0.5) is 0 Å². The quantitative estimate of drug-likeness (QED) is 0.786. The zero-order valence-electron chi connectivity index (χ0n) is 16.2. The maximum Gasteiger partial charge on any atom is 0.263 e. The number of hydrogen-bond donors (Lipinski definition) is 0. The lowest BCUT2D eigenvalue weighted by Gasteiger charge is -2.40. The molecule has 1 heterocycles. The summed E-state index contributed by atoms with van der Waals surface area (Å²) < 4.78 is 5.92. The molecule has 0 spiro atoms. The second kappa shape index (κ2) is 8.26. The number of carbonyl (C=O) groups is 1. The summed E-state index contributed by atoms with van der Waals surface area (Å²) in [6, 6.07) is 17.9. The van der Waals surface area contributed by atoms with Crippen LogP contribution in [0.25, 0.3) is 11.1 Å². The van der Waals surface area contributed by atoms with Crippen LogP contribution in [0.3, 0.4) is 0 Å². The summed E-state index contributed by atoms with van der Waals surface area (Å²) in [5.74, 6) is 0.747. The molecular formula is C23H26N2O2. The van der Waals surface area contributed by atoms with E-state index >= 15 is 0 Å². The average molecular weight is 362 g/mol. The first kappa shape index (κ1) is 19.0. The summed E-state index contributed by atoms with van der Waals surface area (Å²) >= 11 is 0. The Kier molecular flexibility index (Phi) is 5.81. The lowest BCUT2D eigenvalue weighted by Crippen LogP contribution is -2.51. The fourth-order valence-corrected chi connectivity index (χ4v) is 3.78. The first-order valence-corrected chi connectivity index (χ1v) is 9.59. The molecule has 4 nitrogen and oxygen atoms in total. The molecule has 0 radical (unpaired) electrons. The largest absolute Gasteiger partial charge is 0.481 e. The van der Waals surface area contributed by atoms with Crippen LogP contribution < -0.4 is 4.74 Å². The van der Waals surface area contributed by atoms with E-state index in [4.69, 9.17) is 10.00 Å². The zero-order valence-corrected chi connectivity index (χ0v) is 16.2. The maximum absolute atomic E-state index is 12.8. The Morgan fingerprint density at radius 2 is 1.56 bits per heavy atom. The van der Waals surface area contributed by atoms with Crippen molar-refractivity contribution in [2.75, 3.05) is 0 Å². The van der Waals surface area contributed by atoms with Gasteiger partial charge in [-0.25, -0.2) is 0 Å². The number of hydrogen-bond acceptors (Lipinski definition) is 3. The van der Waals surface area contributed by atoms with Crippen LogP contribution in [0.15, 0.2) is 48.5 Å². The Balaban J connectivity index is 1.66. The number of nitriles is 1. The van der Waals surface area contributed by atoms with Gasteiger partial charge in [-0.1, -0.05) is 24.3 Å². The summed E-state index contributed by atoms with van der Waals surface area (Å²) in [5, 5.41) is 8.89. The van der Waals surface area contributed by atoms with Crippen molar-refractivity contribution in [3.63, 3.8) is 0 Å². The number of carbonyl (C=O) groups excluding carboxylic acids is 1. The van der Waals surface area contributed by atoms with Gasteiger partial charge in [-0.2, -0.15) is 5.26 Å². The first-order valence-electron chi connectivity index (χ1n) is 9.59. The molecule has 0 aromatic heterocycles. The fourth-order valence-electron chi connectivity index (χ4n) is 3.78. The van der Waals surface area contributed by atoms with Crippen molar-refractivity contribution in [2.45, 2.75) is 58.2 Å². The van der Waals surface area contributed by atoms with Crippen LogP contribution in [0.1, 0.15) is 45.6 Å². The Hall–Kier alpha value is -2.80. The van der Waals surface area contributed by atoms with Gasteiger partial charge in [0.15, 0.2) is 6.10 Å². The van der Waals surface area contributed by atoms with Crippen molar-refractivity contribution in [3.05, 3.63) is 54.1 Å². The molecular weight excluding hydrogens is 336 g/mol. The average Bonchev–Trinajstić information content (AvgIpc) is 2.68. The first-order chi connectivity index (χ1) is 13.0. The maximum atomic E-state index is 12.8. The Labute approximate surface area is 161 Å². The van der Waals surface area contributed by atoms with Gasteiger partial charge in [-0.15, -0.1) is 0 Å². The number of nitrogens with zero attached hydrogens (tertiary/aromatic N) is 2. The number of benzene rings is 2. The van der Waals surface area contributed by atoms with E-state index in [0.29, 0.717) is 11.3 Å². The van der Waals surface area contributed by atoms with E-state index in [1.54, 1.807) is 12.1 Å². The third-order valence-corrected chi connectivity index (χ3v) is 5.31. The summed E-state index contributed by atoms with van der Waals surface area (Å²) in [6.07, 6.45) is 2.79. The minimum Gasteiger partial charge on any atom is -0.481 e. The highest BCUT2D eigenvalue weighted by atomic mass is 16.5. The van der Waals surface area contributed by atoms with E-state index in [2.05, 4.69) is 19.9 Å². The molecule has 0 unspecified atom stereocenters. The van der Waals surface area contributed by atoms with Crippen molar-refractivity contribution in [2.24, 2.45) is 0 Å².